The SMILES string of the molecule is Cc1nn(-c2ccc(F)cc2)c(C)c1CN1CCC(Cc2nn(C)cc2C(N)=O)CC1. The van der Waals surface area contributed by atoms with Gasteiger partial charge in [0.2, 0.25) is 0 Å². The van der Waals surface area contributed by atoms with Gasteiger partial charge in [-0.15, -0.1) is 0 Å². The number of piperidine rings is 1. The van der Waals surface area contributed by atoms with E-state index < -0.39 is 5.91 Å². The maximum atomic E-state index is 13.3. The summed E-state index contributed by atoms with van der Waals surface area (Å²) in [5, 5.41) is 9.13. The maximum absolute atomic E-state index is 13.3. The van der Waals surface area contributed by atoms with Crippen LogP contribution in [0, 0.1) is 25.6 Å². The van der Waals surface area contributed by atoms with Gasteiger partial charge in [0, 0.05) is 31.0 Å². The smallest absolute Gasteiger partial charge is 0.252 e. The second-order valence-electron chi connectivity index (χ2n) is 8.49. The fourth-order valence-corrected chi connectivity index (χ4v) is 4.47. The van der Waals surface area contributed by atoms with Gasteiger partial charge < -0.3 is 5.73 Å². The van der Waals surface area contributed by atoms with Crippen LogP contribution in [0.4, 0.5) is 4.39 Å². The molecule has 1 aromatic carbocycles. The Morgan fingerprint density at radius 2 is 1.84 bits per heavy atom. The third kappa shape index (κ3) is 4.54. The van der Waals surface area contributed by atoms with Crippen LogP contribution in [0.2, 0.25) is 0 Å². The van der Waals surface area contributed by atoms with Crippen molar-refractivity contribution in [1.29, 1.82) is 0 Å². The molecule has 1 saturated heterocycles. The Balaban J connectivity index is 1.39. The van der Waals surface area contributed by atoms with Crippen LogP contribution in [-0.2, 0) is 20.0 Å². The van der Waals surface area contributed by atoms with Gasteiger partial charge >= 0.3 is 0 Å². The van der Waals surface area contributed by atoms with Crippen LogP contribution in [0.3, 0.4) is 0 Å². The fraction of sp³-hybridized carbons (Fsp3) is 0.435. The van der Waals surface area contributed by atoms with Gasteiger partial charge in [0.25, 0.3) is 5.91 Å². The fourth-order valence-electron chi connectivity index (χ4n) is 4.47. The van der Waals surface area contributed by atoms with Gasteiger partial charge in [-0.25, -0.2) is 9.07 Å². The molecule has 0 unspecified atom stereocenters. The van der Waals surface area contributed by atoms with Crippen molar-refractivity contribution in [2.24, 2.45) is 18.7 Å². The summed E-state index contributed by atoms with van der Waals surface area (Å²) < 4.78 is 16.8. The van der Waals surface area contributed by atoms with Crippen molar-refractivity contribution in [3.8, 4) is 5.69 Å². The zero-order valence-corrected chi connectivity index (χ0v) is 18.3. The first kappa shape index (κ1) is 21.2. The summed E-state index contributed by atoms with van der Waals surface area (Å²) in [7, 11) is 1.81. The van der Waals surface area contributed by atoms with Gasteiger partial charge in [0.15, 0.2) is 0 Å². The first-order chi connectivity index (χ1) is 14.8. The van der Waals surface area contributed by atoms with E-state index in [1.54, 1.807) is 23.0 Å². The first-order valence-corrected chi connectivity index (χ1v) is 10.7. The predicted octanol–water partition coefficient (Wildman–Crippen LogP) is 2.92. The molecule has 0 spiro atoms. The number of amides is 1. The molecular weight excluding hydrogens is 395 g/mol. The van der Waals surface area contributed by atoms with Gasteiger partial charge in [-0.2, -0.15) is 10.2 Å². The molecule has 0 saturated carbocycles. The minimum absolute atomic E-state index is 0.248. The molecule has 4 rings (SSSR count). The molecule has 1 fully saturated rings. The number of nitrogens with two attached hydrogens (primary N) is 1. The molecule has 2 N–H and O–H groups in total. The zero-order valence-electron chi connectivity index (χ0n) is 18.3. The average molecular weight is 425 g/mol. The van der Waals surface area contributed by atoms with Crippen molar-refractivity contribution in [2.75, 3.05) is 13.1 Å². The Morgan fingerprint density at radius 3 is 2.48 bits per heavy atom. The lowest BCUT2D eigenvalue weighted by Gasteiger charge is -2.31. The van der Waals surface area contributed by atoms with Gasteiger partial charge in [-0.1, -0.05) is 0 Å². The van der Waals surface area contributed by atoms with E-state index in [0.717, 1.165) is 61.7 Å². The number of aromatic nitrogens is 4. The number of nitrogens with zero attached hydrogens (tertiary/aromatic N) is 5. The Morgan fingerprint density at radius 1 is 1.16 bits per heavy atom. The highest BCUT2D eigenvalue weighted by molar-refractivity contribution is 5.93. The topological polar surface area (TPSA) is 82.0 Å². The van der Waals surface area contributed by atoms with E-state index in [1.807, 2.05) is 18.7 Å². The molecule has 1 aliphatic rings. The predicted molar refractivity (Wildman–Crippen MR) is 116 cm³/mol. The minimum Gasteiger partial charge on any atom is -0.365 e. The van der Waals surface area contributed by atoms with Gasteiger partial charge in [0.05, 0.1) is 22.6 Å². The Hall–Kier alpha value is -3.00. The van der Waals surface area contributed by atoms with Gasteiger partial charge in [-0.3, -0.25) is 14.4 Å². The van der Waals surface area contributed by atoms with E-state index in [4.69, 9.17) is 5.73 Å². The average Bonchev–Trinajstić information content (AvgIpc) is 3.24. The molecule has 0 bridgehead atoms. The second kappa shape index (κ2) is 8.63. The summed E-state index contributed by atoms with van der Waals surface area (Å²) in [5.41, 5.74) is 11.0. The molecular formula is C23H29FN6O. The van der Waals surface area contributed by atoms with Crippen LogP contribution in [-0.4, -0.2) is 43.5 Å². The van der Waals surface area contributed by atoms with Crippen LogP contribution in [0.15, 0.2) is 30.5 Å². The van der Waals surface area contributed by atoms with E-state index in [9.17, 15) is 9.18 Å². The molecule has 2 aromatic heterocycles. The number of carbonyl (C=O) groups is 1. The standard InChI is InChI=1S/C23H29FN6O/c1-15-20(16(2)30(26-15)19-6-4-18(24)5-7-19)14-29-10-8-17(9-11-29)12-22-21(23(25)31)13-28(3)27-22/h4-7,13,17H,8-12,14H2,1-3H3,(H2,25,31). The van der Waals surface area contributed by atoms with Crippen LogP contribution in [0.25, 0.3) is 5.69 Å². The number of benzene rings is 1. The van der Waals surface area contributed by atoms with E-state index in [1.165, 1.54) is 17.7 Å². The molecule has 3 heterocycles. The van der Waals surface area contributed by atoms with Crippen LogP contribution >= 0.6 is 0 Å². The van der Waals surface area contributed by atoms with Gasteiger partial charge in [0.1, 0.15) is 5.82 Å². The molecule has 0 atom stereocenters. The third-order valence-electron chi connectivity index (χ3n) is 6.25. The number of primary amides is 1. The quantitative estimate of drug-likeness (QED) is 0.660. The van der Waals surface area contributed by atoms with Crippen molar-refractivity contribution in [1.82, 2.24) is 24.5 Å². The summed E-state index contributed by atoms with van der Waals surface area (Å²) in [6.07, 6.45) is 4.60. The van der Waals surface area contributed by atoms with Crippen molar-refractivity contribution >= 4 is 5.91 Å². The molecule has 164 valence electrons. The van der Waals surface area contributed by atoms with Crippen molar-refractivity contribution < 1.29 is 9.18 Å². The maximum Gasteiger partial charge on any atom is 0.252 e. The second-order valence-corrected chi connectivity index (χ2v) is 8.49. The third-order valence-corrected chi connectivity index (χ3v) is 6.25. The van der Waals surface area contributed by atoms with E-state index in [-0.39, 0.29) is 5.82 Å². The molecule has 0 radical (unpaired) electrons. The Kier molecular flexibility index (Phi) is 5.91. The number of hydrogen-bond donors (Lipinski definition) is 1. The largest absolute Gasteiger partial charge is 0.365 e. The van der Waals surface area contributed by atoms with Crippen LogP contribution in [0.5, 0.6) is 0 Å². The lowest BCUT2D eigenvalue weighted by Crippen LogP contribution is -2.34. The Labute approximate surface area is 181 Å². The van der Waals surface area contributed by atoms with E-state index >= 15 is 0 Å². The summed E-state index contributed by atoms with van der Waals surface area (Å²) in [6, 6.07) is 6.42. The van der Waals surface area contributed by atoms with Crippen molar-refractivity contribution in [2.45, 2.75) is 39.7 Å². The minimum atomic E-state index is -0.412. The molecule has 31 heavy (non-hydrogen) atoms. The number of halogens is 1. The summed E-state index contributed by atoms with van der Waals surface area (Å²) >= 11 is 0. The highest BCUT2D eigenvalue weighted by Crippen LogP contribution is 2.26. The molecule has 7 nitrogen and oxygen atoms in total. The van der Waals surface area contributed by atoms with E-state index in [0.29, 0.717) is 11.5 Å². The zero-order chi connectivity index (χ0) is 22.1. The first-order valence-electron chi connectivity index (χ1n) is 10.7. The van der Waals surface area contributed by atoms with Crippen LogP contribution < -0.4 is 5.73 Å². The molecule has 1 aliphatic heterocycles. The van der Waals surface area contributed by atoms with Crippen molar-refractivity contribution in [3.05, 3.63) is 64.5 Å². The molecule has 8 heteroatoms. The summed E-state index contributed by atoms with van der Waals surface area (Å²) in [4.78, 5) is 14.1. The van der Waals surface area contributed by atoms with Crippen LogP contribution in [0.1, 0.15) is 45.8 Å². The number of aryl methyl sites for hydroxylation is 2. The normalized spacial score (nSPS) is 15.5. The lowest BCUT2D eigenvalue weighted by atomic mass is 9.91. The highest BCUT2D eigenvalue weighted by atomic mass is 19.1. The number of likely N-dealkylation sites (tertiary alicyclic amines) is 1. The lowest BCUT2D eigenvalue weighted by molar-refractivity contribution is 0.0998. The Bertz CT molecular complexity index is 1080. The molecule has 3 aromatic rings. The number of carbonyl (C=O) groups excluding carboxylic acids is 1. The highest BCUT2D eigenvalue weighted by Gasteiger charge is 2.24. The molecule has 0 aliphatic carbocycles. The van der Waals surface area contributed by atoms with E-state index in [2.05, 4.69) is 22.0 Å². The van der Waals surface area contributed by atoms with Crippen molar-refractivity contribution in [3.63, 3.8) is 0 Å². The summed E-state index contributed by atoms with van der Waals surface area (Å²) in [5.74, 6) is -0.167. The number of rotatable bonds is 6. The van der Waals surface area contributed by atoms with Gasteiger partial charge in [-0.05, 0) is 76.4 Å². The monoisotopic (exact) mass is 424 g/mol. The summed E-state index contributed by atoms with van der Waals surface area (Å²) in [6.45, 7) is 6.93. The molecule has 1 amide bonds. The number of hydrogen-bond acceptors (Lipinski definition) is 4.